The fourth-order valence-corrected chi connectivity index (χ4v) is 3.99. The minimum absolute atomic E-state index is 0.165. The quantitative estimate of drug-likeness (QED) is 0.436. The van der Waals surface area contributed by atoms with Crippen molar-refractivity contribution in [2.24, 2.45) is 10.7 Å². The summed E-state index contributed by atoms with van der Waals surface area (Å²) in [5, 5.41) is 7.15. The number of halogens is 3. The van der Waals surface area contributed by atoms with Crippen LogP contribution in [0.2, 0.25) is 5.02 Å². The van der Waals surface area contributed by atoms with Crippen LogP contribution in [-0.4, -0.2) is 60.1 Å². The number of amides is 2. The standard InChI is InChI=1S/C22H25ClF2N6O2/c1-12(32)31-10-15(6-16(11-31)29-22(33)13(8-26)9-27-2)28-19-7-20(21(24)25)30-18-4-3-14(23)5-17(18)19/h3-5,7-9,15-16,21H,6,10-11,26H2,1-2H3,(H,28,30)(H,29,33)/b13-8+,27-9?/t15-,16+/m1/s1. The lowest BCUT2D eigenvalue weighted by molar-refractivity contribution is -0.131. The number of nitrogens with one attached hydrogen (secondary N) is 2. The number of carbonyl (C=O) groups excluding carboxylic acids is 2. The van der Waals surface area contributed by atoms with Crippen molar-refractivity contribution in [3.63, 3.8) is 0 Å². The minimum Gasteiger partial charge on any atom is -0.404 e. The van der Waals surface area contributed by atoms with Crippen LogP contribution in [0.3, 0.4) is 0 Å². The first kappa shape index (κ1) is 24.4. The topological polar surface area (TPSA) is 113 Å². The van der Waals surface area contributed by atoms with Crippen LogP contribution in [0.15, 0.2) is 41.0 Å². The number of piperidine rings is 1. The maximum atomic E-state index is 13.4. The molecular formula is C22H25ClF2N6O2. The Morgan fingerprint density at radius 1 is 1.30 bits per heavy atom. The number of nitrogens with two attached hydrogens (primary N) is 1. The molecule has 1 saturated heterocycles. The summed E-state index contributed by atoms with van der Waals surface area (Å²) in [5.41, 5.74) is 6.13. The van der Waals surface area contributed by atoms with Gasteiger partial charge in [0.1, 0.15) is 5.69 Å². The molecule has 1 aliphatic heterocycles. The average molecular weight is 479 g/mol. The first-order valence-electron chi connectivity index (χ1n) is 10.3. The number of fused-ring (bicyclic) bond motifs is 1. The van der Waals surface area contributed by atoms with E-state index in [1.54, 1.807) is 23.1 Å². The molecule has 33 heavy (non-hydrogen) atoms. The van der Waals surface area contributed by atoms with Gasteiger partial charge >= 0.3 is 0 Å². The minimum atomic E-state index is -2.75. The van der Waals surface area contributed by atoms with Crippen LogP contribution in [0.5, 0.6) is 0 Å². The Hall–Kier alpha value is -3.27. The Labute approximate surface area is 194 Å². The highest BCUT2D eigenvalue weighted by atomic mass is 35.5. The molecule has 3 rings (SSSR count). The van der Waals surface area contributed by atoms with Crippen LogP contribution in [0.1, 0.15) is 25.5 Å². The average Bonchev–Trinajstić information content (AvgIpc) is 2.77. The van der Waals surface area contributed by atoms with E-state index in [9.17, 15) is 18.4 Å². The number of alkyl halides is 2. The van der Waals surface area contributed by atoms with E-state index in [2.05, 4.69) is 20.6 Å². The van der Waals surface area contributed by atoms with Crippen LogP contribution >= 0.6 is 11.6 Å². The Bertz CT molecular complexity index is 1110. The van der Waals surface area contributed by atoms with E-state index in [-0.39, 0.29) is 29.3 Å². The number of benzene rings is 1. The lowest BCUT2D eigenvalue weighted by atomic mass is 9.99. The van der Waals surface area contributed by atoms with Crippen LogP contribution < -0.4 is 16.4 Å². The third kappa shape index (κ3) is 5.95. The zero-order valence-corrected chi connectivity index (χ0v) is 18.9. The van der Waals surface area contributed by atoms with Crippen LogP contribution in [0, 0.1) is 0 Å². The summed E-state index contributed by atoms with van der Waals surface area (Å²) in [4.78, 5) is 34.1. The number of rotatable bonds is 6. The van der Waals surface area contributed by atoms with Crippen molar-refractivity contribution in [3.8, 4) is 0 Å². The summed E-state index contributed by atoms with van der Waals surface area (Å²) < 4.78 is 26.9. The van der Waals surface area contributed by atoms with Crippen LogP contribution in [-0.2, 0) is 9.59 Å². The molecule has 11 heteroatoms. The lowest BCUT2D eigenvalue weighted by Gasteiger charge is -2.38. The zero-order valence-electron chi connectivity index (χ0n) is 18.2. The molecule has 0 radical (unpaired) electrons. The molecule has 0 bridgehead atoms. The van der Waals surface area contributed by atoms with E-state index < -0.39 is 12.3 Å². The summed E-state index contributed by atoms with van der Waals surface area (Å²) in [6.45, 7) is 2.09. The highest BCUT2D eigenvalue weighted by Gasteiger charge is 2.30. The van der Waals surface area contributed by atoms with Gasteiger partial charge in [-0.3, -0.25) is 14.6 Å². The van der Waals surface area contributed by atoms with Crippen molar-refractivity contribution >= 4 is 46.2 Å². The largest absolute Gasteiger partial charge is 0.404 e. The predicted molar refractivity (Wildman–Crippen MR) is 125 cm³/mol. The molecule has 2 heterocycles. The number of anilines is 1. The van der Waals surface area contributed by atoms with E-state index in [0.717, 1.165) is 6.20 Å². The summed E-state index contributed by atoms with van der Waals surface area (Å²) in [5.74, 6) is -0.584. The van der Waals surface area contributed by atoms with Crippen molar-refractivity contribution in [1.82, 2.24) is 15.2 Å². The molecule has 0 aliphatic carbocycles. The molecule has 1 aromatic carbocycles. The molecule has 0 saturated carbocycles. The molecule has 0 unspecified atom stereocenters. The van der Waals surface area contributed by atoms with Gasteiger partial charge in [-0.25, -0.2) is 13.8 Å². The van der Waals surface area contributed by atoms with E-state index in [1.165, 1.54) is 26.3 Å². The van der Waals surface area contributed by atoms with E-state index in [4.69, 9.17) is 17.3 Å². The first-order chi connectivity index (χ1) is 15.7. The molecule has 8 nitrogen and oxygen atoms in total. The molecule has 4 N–H and O–H groups in total. The summed E-state index contributed by atoms with van der Waals surface area (Å²) in [6.07, 6.45) is 0.197. The second kappa shape index (κ2) is 10.6. The summed E-state index contributed by atoms with van der Waals surface area (Å²) in [6, 6.07) is 5.39. The van der Waals surface area contributed by atoms with E-state index in [0.29, 0.717) is 41.1 Å². The molecule has 1 fully saturated rings. The lowest BCUT2D eigenvalue weighted by Crippen LogP contribution is -2.55. The fourth-order valence-electron chi connectivity index (χ4n) is 3.82. The van der Waals surface area contributed by atoms with Gasteiger partial charge in [0.25, 0.3) is 12.3 Å². The predicted octanol–water partition coefficient (Wildman–Crippen LogP) is 2.89. The molecule has 0 spiro atoms. The Morgan fingerprint density at radius 3 is 2.67 bits per heavy atom. The van der Waals surface area contributed by atoms with Gasteiger partial charge in [0.05, 0.1) is 11.1 Å². The molecular weight excluding hydrogens is 454 g/mol. The number of aliphatic imine (C=N–C) groups is 1. The Balaban J connectivity index is 1.89. The number of hydrogen-bond donors (Lipinski definition) is 3. The van der Waals surface area contributed by atoms with Crippen molar-refractivity contribution < 1.29 is 18.4 Å². The third-order valence-corrected chi connectivity index (χ3v) is 5.55. The Morgan fingerprint density at radius 2 is 2.03 bits per heavy atom. The first-order valence-corrected chi connectivity index (χ1v) is 10.6. The maximum Gasteiger partial charge on any atom is 0.280 e. The van der Waals surface area contributed by atoms with Crippen molar-refractivity contribution in [2.45, 2.75) is 31.9 Å². The monoisotopic (exact) mass is 478 g/mol. The van der Waals surface area contributed by atoms with Crippen molar-refractivity contribution in [3.05, 3.63) is 46.8 Å². The van der Waals surface area contributed by atoms with Crippen LogP contribution in [0.4, 0.5) is 14.5 Å². The highest BCUT2D eigenvalue weighted by Crippen LogP contribution is 2.31. The number of likely N-dealkylation sites (tertiary alicyclic amines) is 1. The normalized spacial score (nSPS) is 19.3. The van der Waals surface area contributed by atoms with Crippen molar-refractivity contribution in [2.75, 3.05) is 25.5 Å². The third-order valence-electron chi connectivity index (χ3n) is 5.31. The van der Waals surface area contributed by atoms with Crippen LogP contribution in [0.25, 0.3) is 10.9 Å². The zero-order chi connectivity index (χ0) is 24.1. The molecule has 2 aromatic rings. The summed E-state index contributed by atoms with van der Waals surface area (Å²) >= 11 is 6.12. The number of aromatic nitrogens is 1. The van der Waals surface area contributed by atoms with Gasteiger partial charge < -0.3 is 21.3 Å². The number of carbonyl (C=O) groups is 2. The van der Waals surface area contributed by atoms with Gasteiger partial charge in [-0.2, -0.15) is 0 Å². The van der Waals surface area contributed by atoms with Gasteiger partial charge in [0, 0.05) is 67.7 Å². The summed E-state index contributed by atoms with van der Waals surface area (Å²) in [7, 11) is 1.52. The number of hydrogen-bond acceptors (Lipinski definition) is 6. The van der Waals surface area contributed by atoms with Crippen molar-refractivity contribution in [1.29, 1.82) is 0 Å². The number of pyridine rings is 1. The van der Waals surface area contributed by atoms with E-state index in [1.807, 2.05) is 0 Å². The second-order valence-corrected chi connectivity index (χ2v) is 8.17. The van der Waals surface area contributed by atoms with Gasteiger partial charge in [0.15, 0.2) is 0 Å². The molecule has 1 aromatic heterocycles. The molecule has 176 valence electrons. The van der Waals surface area contributed by atoms with Gasteiger partial charge in [-0.15, -0.1) is 0 Å². The highest BCUT2D eigenvalue weighted by molar-refractivity contribution is 6.31. The second-order valence-electron chi connectivity index (χ2n) is 7.74. The van der Waals surface area contributed by atoms with Gasteiger partial charge in [0.2, 0.25) is 5.91 Å². The number of nitrogens with zero attached hydrogens (tertiary/aromatic N) is 3. The molecule has 2 atom stereocenters. The fraction of sp³-hybridized carbons (Fsp3) is 0.364. The molecule has 1 aliphatic rings. The Kier molecular flexibility index (Phi) is 7.80. The smallest absolute Gasteiger partial charge is 0.280 e. The SMILES string of the molecule is CN=C/C(=C\N)C(=O)N[C@H]1C[C@@H](Nc2cc(C(F)F)nc3ccc(Cl)cc23)CN(C(C)=O)C1. The van der Waals surface area contributed by atoms with E-state index >= 15 is 0 Å². The molecule has 2 amide bonds. The maximum absolute atomic E-state index is 13.4. The van der Waals surface area contributed by atoms with Gasteiger partial charge in [-0.05, 0) is 30.7 Å². The van der Waals surface area contributed by atoms with Gasteiger partial charge in [-0.1, -0.05) is 11.6 Å².